The van der Waals surface area contributed by atoms with Crippen LogP contribution in [0.25, 0.3) is 0 Å². The van der Waals surface area contributed by atoms with E-state index in [1.165, 1.54) is 18.4 Å². The van der Waals surface area contributed by atoms with Crippen molar-refractivity contribution >= 4 is 5.91 Å². The van der Waals surface area contributed by atoms with Crippen LogP contribution in [0.5, 0.6) is 0 Å². The summed E-state index contributed by atoms with van der Waals surface area (Å²) in [6, 6.07) is 8.00. The lowest BCUT2D eigenvalue weighted by molar-refractivity contribution is 0.0920. The van der Waals surface area contributed by atoms with Gasteiger partial charge in [0.05, 0.1) is 0 Å². The lowest BCUT2D eigenvalue weighted by atomic mass is 9.85. The molecule has 3 nitrogen and oxygen atoms in total. The van der Waals surface area contributed by atoms with Gasteiger partial charge in [0.1, 0.15) is 0 Å². The minimum absolute atomic E-state index is 0.0395. The van der Waals surface area contributed by atoms with Gasteiger partial charge in [0.15, 0.2) is 0 Å². The Morgan fingerprint density at radius 1 is 1.33 bits per heavy atom. The van der Waals surface area contributed by atoms with Crippen molar-refractivity contribution in [3.8, 4) is 0 Å². The summed E-state index contributed by atoms with van der Waals surface area (Å²) in [5.74, 6) is 0.611. The molecule has 1 aromatic carbocycles. The second kappa shape index (κ2) is 6.01. The van der Waals surface area contributed by atoms with Gasteiger partial charge in [-0.25, -0.2) is 0 Å². The zero-order chi connectivity index (χ0) is 13.0. The second-order valence-electron chi connectivity index (χ2n) is 5.30. The summed E-state index contributed by atoms with van der Waals surface area (Å²) in [5, 5.41) is 3.12. The number of hydrogen-bond donors (Lipinski definition) is 2. The Hall–Kier alpha value is -1.35. The van der Waals surface area contributed by atoms with Gasteiger partial charge >= 0.3 is 0 Å². The highest BCUT2D eigenvalue weighted by Crippen LogP contribution is 2.23. The van der Waals surface area contributed by atoms with Gasteiger partial charge < -0.3 is 11.1 Å². The highest BCUT2D eigenvalue weighted by molar-refractivity contribution is 5.94. The van der Waals surface area contributed by atoms with Crippen molar-refractivity contribution in [2.45, 2.75) is 38.6 Å². The van der Waals surface area contributed by atoms with E-state index in [4.69, 9.17) is 5.73 Å². The predicted molar refractivity (Wildman–Crippen MR) is 73.4 cm³/mol. The fourth-order valence-corrected chi connectivity index (χ4v) is 2.61. The first-order valence-corrected chi connectivity index (χ1v) is 6.76. The molecule has 2 unspecified atom stereocenters. The SMILES string of the molecule is Cc1ccc(C(=O)NC2CCCC(CN)C2)cc1. The Morgan fingerprint density at radius 3 is 2.72 bits per heavy atom. The number of nitrogens with one attached hydrogen (secondary N) is 1. The number of amides is 1. The molecule has 18 heavy (non-hydrogen) atoms. The lowest BCUT2D eigenvalue weighted by Gasteiger charge is -2.28. The summed E-state index contributed by atoms with van der Waals surface area (Å²) in [6.45, 7) is 2.76. The van der Waals surface area contributed by atoms with Gasteiger partial charge in [-0.05, 0) is 50.8 Å². The maximum absolute atomic E-state index is 12.1. The van der Waals surface area contributed by atoms with E-state index < -0.39 is 0 Å². The van der Waals surface area contributed by atoms with E-state index in [0.29, 0.717) is 12.0 Å². The molecule has 0 aliphatic heterocycles. The number of aryl methyl sites for hydroxylation is 1. The molecular weight excluding hydrogens is 224 g/mol. The van der Waals surface area contributed by atoms with Crippen LogP contribution in [-0.2, 0) is 0 Å². The number of benzene rings is 1. The van der Waals surface area contributed by atoms with Gasteiger partial charge in [0, 0.05) is 11.6 Å². The predicted octanol–water partition coefficient (Wildman–Crippen LogP) is 2.24. The van der Waals surface area contributed by atoms with Gasteiger partial charge in [0.25, 0.3) is 5.91 Å². The molecule has 98 valence electrons. The number of carbonyl (C=O) groups is 1. The minimum atomic E-state index is 0.0395. The molecule has 3 heteroatoms. The molecule has 0 aromatic heterocycles. The molecule has 0 radical (unpaired) electrons. The van der Waals surface area contributed by atoms with Crippen LogP contribution in [0.4, 0.5) is 0 Å². The molecule has 2 rings (SSSR count). The maximum Gasteiger partial charge on any atom is 0.251 e. The first-order chi connectivity index (χ1) is 8.69. The quantitative estimate of drug-likeness (QED) is 0.859. The molecule has 1 fully saturated rings. The number of rotatable bonds is 3. The van der Waals surface area contributed by atoms with Gasteiger partial charge in [0.2, 0.25) is 0 Å². The van der Waals surface area contributed by atoms with E-state index in [1.54, 1.807) is 0 Å². The standard InChI is InChI=1S/C15H22N2O/c1-11-5-7-13(8-6-11)15(18)17-14-4-2-3-12(9-14)10-16/h5-8,12,14H,2-4,9-10,16H2,1H3,(H,17,18). The smallest absolute Gasteiger partial charge is 0.251 e. The van der Waals surface area contributed by atoms with E-state index in [2.05, 4.69) is 5.32 Å². The number of hydrogen-bond acceptors (Lipinski definition) is 2. The highest BCUT2D eigenvalue weighted by Gasteiger charge is 2.22. The zero-order valence-electron chi connectivity index (χ0n) is 11.0. The van der Waals surface area contributed by atoms with E-state index >= 15 is 0 Å². The van der Waals surface area contributed by atoms with E-state index in [0.717, 1.165) is 24.9 Å². The van der Waals surface area contributed by atoms with Gasteiger partial charge in [-0.15, -0.1) is 0 Å². The van der Waals surface area contributed by atoms with Gasteiger partial charge in [-0.1, -0.05) is 24.1 Å². The Kier molecular flexibility index (Phi) is 4.37. The van der Waals surface area contributed by atoms with Crippen molar-refractivity contribution in [2.24, 2.45) is 11.7 Å². The molecule has 3 N–H and O–H groups in total. The Morgan fingerprint density at radius 2 is 2.06 bits per heavy atom. The molecule has 0 saturated heterocycles. The second-order valence-corrected chi connectivity index (χ2v) is 5.30. The van der Waals surface area contributed by atoms with Crippen molar-refractivity contribution in [3.05, 3.63) is 35.4 Å². The number of nitrogens with two attached hydrogens (primary N) is 1. The summed E-state index contributed by atoms with van der Waals surface area (Å²) in [4.78, 5) is 12.1. The van der Waals surface area contributed by atoms with Gasteiger partial charge in [-0.3, -0.25) is 4.79 Å². The number of carbonyl (C=O) groups excluding carboxylic acids is 1. The normalized spacial score (nSPS) is 23.7. The molecule has 1 aliphatic carbocycles. The first-order valence-electron chi connectivity index (χ1n) is 6.76. The monoisotopic (exact) mass is 246 g/mol. The summed E-state index contributed by atoms with van der Waals surface area (Å²) >= 11 is 0. The third kappa shape index (κ3) is 3.33. The Balaban J connectivity index is 1.92. The lowest BCUT2D eigenvalue weighted by Crippen LogP contribution is -2.39. The fourth-order valence-electron chi connectivity index (χ4n) is 2.61. The van der Waals surface area contributed by atoms with E-state index in [9.17, 15) is 4.79 Å². The molecule has 2 atom stereocenters. The summed E-state index contributed by atoms with van der Waals surface area (Å²) in [5.41, 5.74) is 7.63. The highest BCUT2D eigenvalue weighted by atomic mass is 16.1. The molecule has 1 aromatic rings. The Bertz CT molecular complexity index is 399. The van der Waals surface area contributed by atoms with E-state index in [1.807, 2.05) is 31.2 Å². The summed E-state index contributed by atoms with van der Waals surface area (Å²) in [7, 11) is 0. The van der Waals surface area contributed by atoms with Crippen molar-refractivity contribution in [2.75, 3.05) is 6.54 Å². The molecule has 0 bridgehead atoms. The van der Waals surface area contributed by atoms with Crippen molar-refractivity contribution < 1.29 is 4.79 Å². The van der Waals surface area contributed by atoms with Crippen LogP contribution in [0.1, 0.15) is 41.6 Å². The first kappa shape index (κ1) is 13.1. The molecule has 1 amide bonds. The van der Waals surface area contributed by atoms with Crippen LogP contribution < -0.4 is 11.1 Å². The third-order valence-corrected chi connectivity index (χ3v) is 3.77. The maximum atomic E-state index is 12.1. The topological polar surface area (TPSA) is 55.1 Å². The fraction of sp³-hybridized carbons (Fsp3) is 0.533. The molecule has 0 heterocycles. The largest absolute Gasteiger partial charge is 0.349 e. The van der Waals surface area contributed by atoms with E-state index in [-0.39, 0.29) is 5.91 Å². The molecule has 1 aliphatic rings. The van der Waals surface area contributed by atoms with Crippen molar-refractivity contribution in [1.29, 1.82) is 0 Å². The third-order valence-electron chi connectivity index (χ3n) is 3.77. The molecule has 1 saturated carbocycles. The molecule has 0 spiro atoms. The summed E-state index contributed by atoms with van der Waals surface area (Å²) in [6.07, 6.45) is 4.47. The molecular formula is C15H22N2O. The summed E-state index contributed by atoms with van der Waals surface area (Å²) < 4.78 is 0. The van der Waals surface area contributed by atoms with Gasteiger partial charge in [-0.2, -0.15) is 0 Å². The van der Waals surface area contributed by atoms with Crippen LogP contribution in [0.3, 0.4) is 0 Å². The van der Waals surface area contributed by atoms with Crippen LogP contribution in [0.15, 0.2) is 24.3 Å². The van der Waals surface area contributed by atoms with Crippen LogP contribution in [0, 0.1) is 12.8 Å². The average molecular weight is 246 g/mol. The average Bonchev–Trinajstić information content (AvgIpc) is 2.39. The van der Waals surface area contributed by atoms with Crippen LogP contribution in [-0.4, -0.2) is 18.5 Å². The van der Waals surface area contributed by atoms with Crippen LogP contribution in [0.2, 0.25) is 0 Å². The van der Waals surface area contributed by atoms with Crippen molar-refractivity contribution in [1.82, 2.24) is 5.32 Å². The zero-order valence-corrected chi connectivity index (χ0v) is 11.0. The minimum Gasteiger partial charge on any atom is -0.349 e. The van der Waals surface area contributed by atoms with Crippen LogP contribution >= 0.6 is 0 Å². The van der Waals surface area contributed by atoms with Crippen molar-refractivity contribution in [3.63, 3.8) is 0 Å². The Labute approximate surface area is 109 Å².